The van der Waals surface area contributed by atoms with Gasteiger partial charge in [0.1, 0.15) is 0 Å². The molecular weight excluding hydrogens is 329 g/mol. The molecule has 0 bridgehead atoms. The zero-order valence-corrected chi connectivity index (χ0v) is 11.9. The van der Waals surface area contributed by atoms with E-state index in [-0.39, 0.29) is 30.1 Å². The number of nitrogen functional groups attached to an aromatic ring is 1. The molecule has 0 saturated carbocycles. The van der Waals surface area contributed by atoms with Crippen LogP contribution >= 0.6 is 0 Å². The van der Waals surface area contributed by atoms with Crippen molar-refractivity contribution in [1.82, 2.24) is 9.97 Å². The first kappa shape index (κ1) is 21.7. The number of para-hydroxylation sites is 1. The number of carbonyl (C=O) groups is 2. The van der Waals surface area contributed by atoms with Crippen LogP contribution < -0.4 is 5.73 Å². The Hall–Kier alpha value is -2.57. The maximum absolute atomic E-state index is 10.3. The van der Waals surface area contributed by atoms with Crippen LogP contribution in [0.3, 0.4) is 0 Å². The average molecular weight is 346 g/mol. The zero-order chi connectivity index (χ0) is 15.0. The number of imidazole rings is 1. The molecule has 0 amide bonds. The molecular formula is C14H17MnN3O4. The van der Waals surface area contributed by atoms with Crippen molar-refractivity contribution in [2.75, 3.05) is 5.73 Å². The van der Waals surface area contributed by atoms with E-state index in [1.54, 1.807) is 24.4 Å². The second-order valence-corrected chi connectivity index (χ2v) is 3.56. The van der Waals surface area contributed by atoms with E-state index >= 15 is 0 Å². The number of nitrogens with two attached hydrogens (primary N) is 1. The summed E-state index contributed by atoms with van der Waals surface area (Å²) in [5, 5.41) is 16.7. The van der Waals surface area contributed by atoms with Gasteiger partial charge in [-0.2, -0.15) is 0 Å². The molecule has 1 aromatic carbocycles. The second kappa shape index (κ2) is 11.1. The number of hydrogen-bond donors (Lipinski definition) is 4. The summed E-state index contributed by atoms with van der Waals surface area (Å²) < 4.78 is 0. The minimum Gasteiger partial charge on any atom is -0.478 e. The molecule has 119 valence electrons. The molecule has 5 N–H and O–H groups in total. The molecule has 0 fully saturated rings. The Labute approximate surface area is 138 Å². The fraction of sp³-hybridized carbons (Fsp3) is 0.0714. The first-order chi connectivity index (χ1) is 9.50. The van der Waals surface area contributed by atoms with Gasteiger partial charge in [0.2, 0.25) is 0 Å². The smallest absolute Gasteiger partial charge is 0.337 e. The number of hydrogen-bond acceptors (Lipinski definition) is 4. The molecule has 2 aromatic rings. The van der Waals surface area contributed by atoms with Crippen LogP contribution in [-0.2, 0) is 21.9 Å². The number of anilines is 1. The van der Waals surface area contributed by atoms with Crippen LogP contribution in [0.2, 0.25) is 0 Å². The summed E-state index contributed by atoms with van der Waals surface area (Å²) in [5.74, 6) is -1.96. The third-order valence-electron chi connectivity index (χ3n) is 2.11. The summed E-state index contributed by atoms with van der Waals surface area (Å²) >= 11 is 0. The van der Waals surface area contributed by atoms with Gasteiger partial charge in [-0.1, -0.05) is 19.6 Å². The number of benzene rings is 1. The first-order valence-electron chi connectivity index (χ1n) is 5.48. The number of H-pyrrole nitrogens is 1. The average Bonchev–Trinajstić information content (AvgIpc) is 2.90. The van der Waals surface area contributed by atoms with Crippen LogP contribution in [0.4, 0.5) is 5.69 Å². The van der Waals surface area contributed by atoms with E-state index in [9.17, 15) is 9.59 Å². The summed E-state index contributed by atoms with van der Waals surface area (Å²) in [6.45, 7) is 0. The van der Waals surface area contributed by atoms with Gasteiger partial charge >= 0.3 is 11.9 Å². The number of carboxylic acids is 2. The Bertz CT molecular complexity index is 612. The molecule has 0 unspecified atom stereocenters. The number of aromatic nitrogens is 2. The molecule has 0 spiro atoms. The molecule has 2 rings (SSSR count). The molecule has 0 atom stereocenters. The van der Waals surface area contributed by atoms with Gasteiger partial charge in [0.05, 0.1) is 17.6 Å². The van der Waals surface area contributed by atoms with Crippen molar-refractivity contribution in [2.24, 2.45) is 0 Å². The minimum atomic E-state index is -0.988. The van der Waals surface area contributed by atoms with Crippen molar-refractivity contribution in [3.05, 3.63) is 54.1 Å². The van der Waals surface area contributed by atoms with Gasteiger partial charge in [0, 0.05) is 35.0 Å². The summed E-state index contributed by atoms with van der Waals surface area (Å²) in [6, 6.07) is 6.36. The fourth-order valence-electron chi connectivity index (χ4n) is 1.21. The fourth-order valence-corrected chi connectivity index (χ4v) is 1.21. The van der Waals surface area contributed by atoms with Crippen molar-refractivity contribution in [2.45, 2.75) is 7.43 Å². The van der Waals surface area contributed by atoms with Crippen molar-refractivity contribution in [3.8, 4) is 0 Å². The van der Waals surface area contributed by atoms with E-state index in [0.717, 1.165) is 6.08 Å². The molecule has 0 aliphatic heterocycles. The predicted octanol–water partition coefficient (Wildman–Crippen LogP) is 2.11. The molecule has 0 aliphatic rings. The number of carboxylic acid groups (broad SMARTS) is 2. The Balaban J connectivity index is 0. The number of aromatic carboxylic acids is 1. The van der Waals surface area contributed by atoms with Crippen molar-refractivity contribution in [3.63, 3.8) is 0 Å². The van der Waals surface area contributed by atoms with E-state index in [1.807, 2.05) is 0 Å². The largest absolute Gasteiger partial charge is 0.478 e. The standard InChI is InChI=1S/C7H7NO2.C6H6N2O2.CH4.Mn/c8-6-4-2-1-3-5(6)7(9)10;9-6(10)2-1-5-3-7-4-8-5;;/h1-4H,8H2,(H,9,10);1-4H,(H,7,8)(H,9,10);1H4;. The van der Waals surface area contributed by atoms with Crippen LogP contribution in [0, 0.1) is 0 Å². The predicted molar refractivity (Wildman–Crippen MR) is 79.8 cm³/mol. The number of aromatic amines is 1. The van der Waals surface area contributed by atoms with E-state index < -0.39 is 11.9 Å². The molecule has 0 aliphatic carbocycles. The summed E-state index contributed by atoms with van der Waals surface area (Å²) in [6.07, 6.45) is 5.55. The van der Waals surface area contributed by atoms with Crippen LogP contribution in [0.5, 0.6) is 0 Å². The third kappa shape index (κ3) is 7.88. The SMILES string of the molecule is C.Nc1ccccc1C(=O)O.O=C(O)C=Cc1c[nH]cn1.[Mn]. The summed E-state index contributed by atoms with van der Waals surface area (Å²) in [5.41, 5.74) is 6.41. The van der Waals surface area contributed by atoms with E-state index in [2.05, 4.69) is 9.97 Å². The molecule has 1 heterocycles. The number of nitrogens with one attached hydrogen (secondary N) is 1. The zero-order valence-electron chi connectivity index (χ0n) is 10.7. The monoisotopic (exact) mass is 346 g/mol. The molecule has 8 heteroatoms. The molecule has 1 aromatic heterocycles. The summed E-state index contributed by atoms with van der Waals surface area (Å²) in [7, 11) is 0. The van der Waals surface area contributed by atoms with Crippen LogP contribution in [0.15, 0.2) is 42.9 Å². The molecule has 7 nitrogen and oxygen atoms in total. The van der Waals surface area contributed by atoms with Crippen LogP contribution in [0.25, 0.3) is 6.08 Å². The van der Waals surface area contributed by atoms with Gasteiger partial charge in [-0.3, -0.25) is 0 Å². The van der Waals surface area contributed by atoms with Gasteiger partial charge in [-0.25, -0.2) is 14.6 Å². The first-order valence-corrected chi connectivity index (χ1v) is 5.48. The van der Waals surface area contributed by atoms with E-state index in [1.165, 1.54) is 18.5 Å². The third-order valence-corrected chi connectivity index (χ3v) is 2.11. The van der Waals surface area contributed by atoms with Gasteiger partial charge in [0.25, 0.3) is 0 Å². The molecule has 22 heavy (non-hydrogen) atoms. The van der Waals surface area contributed by atoms with Crippen LogP contribution in [-0.4, -0.2) is 32.1 Å². The maximum atomic E-state index is 10.3. The Morgan fingerprint density at radius 1 is 1.23 bits per heavy atom. The Morgan fingerprint density at radius 2 is 1.86 bits per heavy atom. The van der Waals surface area contributed by atoms with Crippen molar-refractivity contribution in [1.29, 1.82) is 0 Å². The number of rotatable bonds is 3. The second-order valence-electron chi connectivity index (χ2n) is 3.56. The number of aliphatic carboxylic acids is 1. The van der Waals surface area contributed by atoms with Gasteiger partial charge in [0.15, 0.2) is 0 Å². The summed E-state index contributed by atoms with van der Waals surface area (Å²) in [4.78, 5) is 26.8. The maximum Gasteiger partial charge on any atom is 0.337 e. The van der Waals surface area contributed by atoms with E-state index in [0.29, 0.717) is 11.4 Å². The van der Waals surface area contributed by atoms with Gasteiger partial charge in [-0.05, 0) is 18.2 Å². The Morgan fingerprint density at radius 3 is 2.27 bits per heavy atom. The topological polar surface area (TPSA) is 129 Å². The van der Waals surface area contributed by atoms with E-state index in [4.69, 9.17) is 15.9 Å². The van der Waals surface area contributed by atoms with Gasteiger partial charge < -0.3 is 20.9 Å². The molecule has 1 radical (unpaired) electrons. The quantitative estimate of drug-likeness (QED) is 0.383. The minimum absolute atomic E-state index is 0. The van der Waals surface area contributed by atoms with Crippen molar-refractivity contribution < 1.29 is 36.9 Å². The van der Waals surface area contributed by atoms with Gasteiger partial charge in [-0.15, -0.1) is 0 Å². The Kier molecular flexibility index (Phi) is 11.0. The molecule has 0 saturated heterocycles. The number of nitrogens with zero attached hydrogens (tertiary/aromatic N) is 1. The van der Waals surface area contributed by atoms with Crippen LogP contribution in [0.1, 0.15) is 23.5 Å². The normalized spacial score (nSPS) is 8.91. The van der Waals surface area contributed by atoms with Crippen molar-refractivity contribution >= 4 is 23.7 Å².